The van der Waals surface area contributed by atoms with Gasteiger partial charge < -0.3 is 4.57 Å². The van der Waals surface area contributed by atoms with Crippen molar-refractivity contribution in [1.29, 1.82) is 0 Å². The van der Waals surface area contributed by atoms with Crippen LogP contribution in [0.15, 0.2) is 140 Å². The molecule has 9 aromatic rings. The Hall–Kier alpha value is -4.92. The lowest BCUT2D eigenvalue weighted by atomic mass is 9.98. The molecular weight excluding hydrogens is 502 g/mol. The Bertz CT molecular complexity index is 2420. The molecule has 0 saturated carbocycles. The molecule has 9 rings (SSSR count). The maximum Gasteiger partial charge on any atom is 0.0640 e. The van der Waals surface area contributed by atoms with Crippen LogP contribution in [0.1, 0.15) is 0 Å². The molecule has 0 aliphatic carbocycles. The lowest BCUT2D eigenvalue weighted by Gasteiger charge is -2.13. The van der Waals surface area contributed by atoms with Crippen LogP contribution in [0.5, 0.6) is 0 Å². The van der Waals surface area contributed by atoms with Gasteiger partial charge >= 0.3 is 0 Å². The van der Waals surface area contributed by atoms with Crippen molar-refractivity contribution in [2.24, 2.45) is 0 Å². The smallest absolute Gasteiger partial charge is 0.0640 e. The summed E-state index contributed by atoms with van der Waals surface area (Å²) >= 11 is 1.91. The summed E-state index contributed by atoms with van der Waals surface area (Å²) in [6, 6.07) is 51.0. The van der Waals surface area contributed by atoms with Gasteiger partial charge in [0.2, 0.25) is 0 Å². The van der Waals surface area contributed by atoms with Crippen molar-refractivity contribution in [3.63, 3.8) is 0 Å². The van der Waals surface area contributed by atoms with E-state index in [2.05, 4.69) is 144 Å². The van der Waals surface area contributed by atoms with Crippen LogP contribution < -0.4 is 0 Å². The number of rotatable bonds is 2. The van der Waals surface area contributed by atoms with Gasteiger partial charge in [-0.2, -0.15) is 0 Å². The van der Waals surface area contributed by atoms with E-state index in [4.69, 9.17) is 0 Å². The van der Waals surface area contributed by atoms with E-state index in [9.17, 15) is 0 Å². The summed E-state index contributed by atoms with van der Waals surface area (Å²) in [6.45, 7) is 0. The van der Waals surface area contributed by atoms with Crippen molar-refractivity contribution < 1.29 is 0 Å². The van der Waals surface area contributed by atoms with E-state index in [0.29, 0.717) is 0 Å². The van der Waals surface area contributed by atoms with Gasteiger partial charge in [-0.25, -0.2) is 0 Å². The molecule has 2 aromatic heterocycles. The predicted octanol–water partition coefficient (Wildman–Crippen LogP) is 11.1. The third-order valence-corrected chi connectivity index (χ3v) is 9.56. The van der Waals surface area contributed by atoms with Crippen molar-refractivity contribution in [2.45, 2.75) is 0 Å². The van der Waals surface area contributed by atoms with Gasteiger partial charge in [0.25, 0.3) is 0 Å². The van der Waals surface area contributed by atoms with Crippen molar-refractivity contribution in [3.8, 4) is 16.8 Å². The molecule has 0 bridgehead atoms. The fourth-order valence-electron chi connectivity index (χ4n) is 6.63. The number of hydrogen-bond donors (Lipinski definition) is 0. The topological polar surface area (TPSA) is 4.93 Å². The van der Waals surface area contributed by atoms with Gasteiger partial charge in [0.05, 0.1) is 16.7 Å². The number of fused-ring (bicyclic) bond motifs is 11. The standard InChI is InChI=1S/C38H23NS/c1-2-11-24(12-3-1)26-21-22-33-31(23-26)35-28-16-6-7-17-29(28)38-36(30-18-8-9-20-34(30)40-38)37(35)39(33)32-19-10-14-25-13-4-5-15-27(25)32/h1-23H. The fourth-order valence-corrected chi connectivity index (χ4v) is 7.88. The van der Waals surface area contributed by atoms with Gasteiger partial charge in [-0.15, -0.1) is 11.3 Å². The average molecular weight is 526 g/mol. The predicted molar refractivity (Wildman–Crippen MR) is 174 cm³/mol. The molecule has 1 nitrogen and oxygen atoms in total. The van der Waals surface area contributed by atoms with E-state index in [1.54, 1.807) is 0 Å². The summed E-state index contributed by atoms with van der Waals surface area (Å²) in [5.74, 6) is 0. The Labute approximate surface area is 235 Å². The van der Waals surface area contributed by atoms with Gasteiger partial charge in [-0.3, -0.25) is 0 Å². The monoisotopic (exact) mass is 525 g/mol. The van der Waals surface area contributed by atoms with Crippen molar-refractivity contribution in [2.75, 3.05) is 0 Å². The Balaban J connectivity index is 1.59. The molecule has 0 spiro atoms. The lowest BCUT2D eigenvalue weighted by Crippen LogP contribution is -1.96. The highest BCUT2D eigenvalue weighted by Gasteiger charge is 2.22. The summed E-state index contributed by atoms with van der Waals surface area (Å²) in [4.78, 5) is 0. The Morgan fingerprint density at radius 3 is 2.02 bits per heavy atom. The Morgan fingerprint density at radius 1 is 0.450 bits per heavy atom. The molecule has 0 radical (unpaired) electrons. The molecule has 40 heavy (non-hydrogen) atoms. The van der Waals surface area contributed by atoms with Gasteiger partial charge in [0.15, 0.2) is 0 Å². The van der Waals surface area contributed by atoms with Crippen LogP contribution in [-0.4, -0.2) is 4.57 Å². The third-order valence-electron chi connectivity index (χ3n) is 8.36. The van der Waals surface area contributed by atoms with Gasteiger partial charge in [0.1, 0.15) is 0 Å². The molecule has 0 N–H and O–H groups in total. The minimum atomic E-state index is 1.22. The molecule has 0 aliphatic heterocycles. The number of nitrogens with zero attached hydrogens (tertiary/aromatic N) is 1. The molecule has 0 saturated heterocycles. The molecule has 7 aromatic carbocycles. The minimum absolute atomic E-state index is 1.22. The molecule has 186 valence electrons. The molecule has 2 heterocycles. The summed E-state index contributed by atoms with van der Waals surface area (Å²) in [6.07, 6.45) is 0. The minimum Gasteiger partial charge on any atom is -0.308 e. The van der Waals surface area contributed by atoms with Crippen LogP contribution in [0.25, 0.3) is 80.3 Å². The van der Waals surface area contributed by atoms with E-state index in [-0.39, 0.29) is 0 Å². The largest absolute Gasteiger partial charge is 0.308 e. The first-order valence-electron chi connectivity index (χ1n) is 13.7. The normalized spacial score (nSPS) is 12.0. The number of thiophene rings is 1. The van der Waals surface area contributed by atoms with E-state index < -0.39 is 0 Å². The van der Waals surface area contributed by atoms with Crippen LogP contribution in [0.3, 0.4) is 0 Å². The molecule has 0 amide bonds. The highest BCUT2D eigenvalue weighted by molar-refractivity contribution is 7.27. The van der Waals surface area contributed by atoms with Gasteiger partial charge in [-0.05, 0) is 46.2 Å². The SMILES string of the molecule is c1ccc(-c2ccc3c(c2)c2c4ccccc4c4sc5ccccc5c4c2n3-c2cccc3ccccc23)cc1. The fraction of sp³-hybridized carbons (Fsp3) is 0. The van der Waals surface area contributed by atoms with Crippen LogP contribution in [0.4, 0.5) is 0 Å². The van der Waals surface area contributed by atoms with Crippen molar-refractivity contribution in [3.05, 3.63) is 140 Å². The quantitative estimate of drug-likeness (QED) is 0.211. The zero-order valence-corrected chi connectivity index (χ0v) is 22.5. The average Bonchev–Trinajstić information content (AvgIpc) is 3.57. The lowest BCUT2D eigenvalue weighted by molar-refractivity contribution is 1.21. The summed E-state index contributed by atoms with van der Waals surface area (Å²) in [5.41, 5.74) is 6.23. The molecule has 0 fully saturated rings. The summed E-state index contributed by atoms with van der Waals surface area (Å²) in [7, 11) is 0. The van der Waals surface area contributed by atoms with Crippen molar-refractivity contribution >= 4 is 74.9 Å². The Kier molecular flexibility index (Phi) is 4.55. The maximum atomic E-state index is 2.54. The first kappa shape index (κ1) is 22.0. The number of benzene rings is 7. The highest BCUT2D eigenvalue weighted by Crippen LogP contribution is 2.48. The zero-order chi connectivity index (χ0) is 26.2. The summed E-state index contributed by atoms with van der Waals surface area (Å²) in [5, 5.41) is 10.4. The van der Waals surface area contributed by atoms with Crippen LogP contribution >= 0.6 is 11.3 Å². The molecule has 0 atom stereocenters. The van der Waals surface area contributed by atoms with Crippen LogP contribution in [0.2, 0.25) is 0 Å². The molecular formula is C38H23NS. The van der Waals surface area contributed by atoms with E-state index in [1.807, 2.05) is 11.3 Å². The van der Waals surface area contributed by atoms with Gasteiger partial charge in [0, 0.05) is 41.7 Å². The van der Waals surface area contributed by atoms with E-state index >= 15 is 0 Å². The van der Waals surface area contributed by atoms with Crippen LogP contribution in [-0.2, 0) is 0 Å². The third kappa shape index (κ3) is 2.97. The first-order valence-corrected chi connectivity index (χ1v) is 14.5. The molecule has 0 aliphatic rings. The first-order chi connectivity index (χ1) is 19.9. The second kappa shape index (κ2) is 8.29. The van der Waals surface area contributed by atoms with Gasteiger partial charge in [-0.1, -0.05) is 115 Å². The summed E-state index contributed by atoms with van der Waals surface area (Å²) < 4.78 is 5.22. The van der Waals surface area contributed by atoms with E-state index in [0.717, 1.165) is 0 Å². The molecule has 0 unspecified atom stereocenters. The van der Waals surface area contributed by atoms with Crippen LogP contribution in [0, 0.1) is 0 Å². The Morgan fingerprint density at radius 2 is 1.15 bits per heavy atom. The number of hydrogen-bond acceptors (Lipinski definition) is 1. The highest BCUT2D eigenvalue weighted by atomic mass is 32.1. The van der Waals surface area contributed by atoms with E-state index in [1.165, 1.54) is 80.3 Å². The maximum absolute atomic E-state index is 2.54. The number of aromatic nitrogens is 1. The zero-order valence-electron chi connectivity index (χ0n) is 21.6. The second-order valence-electron chi connectivity index (χ2n) is 10.5. The molecule has 2 heteroatoms. The second-order valence-corrected chi connectivity index (χ2v) is 11.6. The van der Waals surface area contributed by atoms with Crippen molar-refractivity contribution in [1.82, 2.24) is 4.57 Å².